The summed E-state index contributed by atoms with van der Waals surface area (Å²) in [6, 6.07) is -0.281. The lowest BCUT2D eigenvalue weighted by Gasteiger charge is -2.31. The lowest BCUT2D eigenvalue weighted by molar-refractivity contribution is -0.0418. The Morgan fingerprint density at radius 1 is 1.45 bits per heavy atom. The van der Waals surface area contributed by atoms with Crippen LogP contribution >= 0.6 is 0 Å². The molecule has 1 heterocycles. The lowest BCUT2D eigenvalue weighted by atomic mass is 10.1. The quantitative estimate of drug-likeness (QED) is 0.695. The second-order valence-corrected chi connectivity index (χ2v) is 7.29. The van der Waals surface area contributed by atoms with Gasteiger partial charge in [-0.05, 0) is 26.7 Å². The van der Waals surface area contributed by atoms with Crippen molar-refractivity contribution in [3.05, 3.63) is 11.6 Å². The Morgan fingerprint density at radius 2 is 2.20 bits per heavy atom. The fourth-order valence-electron chi connectivity index (χ4n) is 1.99. The summed E-state index contributed by atoms with van der Waals surface area (Å²) in [4.78, 5) is 0. The minimum absolute atomic E-state index is 0.115. The molecule has 0 aliphatic carbocycles. The molecule has 118 valence electrons. The van der Waals surface area contributed by atoms with Gasteiger partial charge < -0.3 is 9.47 Å². The minimum Gasteiger partial charge on any atom is -0.380 e. The van der Waals surface area contributed by atoms with Gasteiger partial charge in [0.25, 0.3) is 0 Å². The zero-order chi connectivity index (χ0) is 15.0. The van der Waals surface area contributed by atoms with Gasteiger partial charge in [0, 0.05) is 6.61 Å². The average Bonchev–Trinajstić information content (AvgIpc) is 2.38. The van der Waals surface area contributed by atoms with E-state index in [2.05, 4.69) is 4.72 Å². The van der Waals surface area contributed by atoms with Gasteiger partial charge in [-0.15, -0.1) is 0 Å². The van der Waals surface area contributed by atoms with Gasteiger partial charge in [0.05, 0.1) is 31.1 Å². The maximum atomic E-state index is 12.0. The number of rotatable bonds is 8. The van der Waals surface area contributed by atoms with Gasteiger partial charge in [0.2, 0.25) is 10.0 Å². The second-order valence-electron chi connectivity index (χ2n) is 5.41. The molecule has 2 atom stereocenters. The number of ether oxygens (including phenoxy) is 2. The summed E-state index contributed by atoms with van der Waals surface area (Å²) in [7, 11) is -3.24. The van der Waals surface area contributed by atoms with Crippen molar-refractivity contribution in [2.24, 2.45) is 0 Å². The maximum Gasteiger partial charge on any atom is 0.212 e. The molecule has 1 N–H and O–H groups in total. The van der Waals surface area contributed by atoms with E-state index in [9.17, 15) is 8.42 Å². The lowest BCUT2D eigenvalue weighted by Crippen LogP contribution is -2.51. The zero-order valence-corrected chi connectivity index (χ0v) is 13.5. The fourth-order valence-corrected chi connectivity index (χ4v) is 3.46. The van der Waals surface area contributed by atoms with Crippen molar-refractivity contribution in [1.29, 1.82) is 0 Å². The molecule has 0 radical (unpaired) electrons. The van der Waals surface area contributed by atoms with Gasteiger partial charge in [-0.25, -0.2) is 13.1 Å². The molecule has 0 spiro atoms. The van der Waals surface area contributed by atoms with E-state index in [1.807, 2.05) is 26.8 Å². The van der Waals surface area contributed by atoms with Crippen molar-refractivity contribution in [1.82, 2.24) is 4.72 Å². The number of allylic oxidation sites excluding steroid dienone is 1. The van der Waals surface area contributed by atoms with Crippen LogP contribution in [0.4, 0.5) is 0 Å². The average molecular weight is 305 g/mol. The highest BCUT2D eigenvalue weighted by Crippen LogP contribution is 2.13. The summed E-state index contributed by atoms with van der Waals surface area (Å²) < 4.78 is 37.8. The van der Waals surface area contributed by atoms with Gasteiger partial charge in [-0.3, -0.25) is 0 Å². The Balaban J connectivity index is 2.53. The zero-order valence-electron chi connectivity index (χ0n) is 12.7. The van der Waals surface area contributed by atoms with Crippen molar-refractivity contribution in [3.63, 3.8) is 0 Å². The molecule has 0 aromatic carbocycles. The number of sulfonamides is 1. The molecule has 1 fully saturated rings. The van der Waals surface area contributed by atoms with E-state index in [0.717, 1.165) is 12.8 Å². The van der Waals surface area contributed by atoms with Crippen LogP contribution in [0.2, 0.25) is 0 Å². The molecule has 1 saturated heterocycles. The first-order valence-electron chi connectivity index (χ1n) is 7.27. The first kappa shape index (κ1) is 17.6. The largest absolute Gasteiger partial charge is 0.380 e. The first-order valence-corrected chi connectivity index (χ1v) is 8.92. The Kier molecular flexibility index (Phi) is 7.72. The van der Waals surface area contributed by atoms with Crippen molar-refractivity contribution >= 4 is 10.0 Å². The third-order valence-electron chi connectivity index (χ3n) is 3.19. The van der Waals surface area contributed by atoms with E-state index in [0.29, 0.717) is 26.2 Å². The Morgan fingerprint density at radius 3 is 2.85 bits per heavy atom. The van der Waals surface area contributed by atoms with E-state index in [1.54, 1.807) is 0 Å². The smallest absolute Gasteiger partial charge is 0.212 e. The van der Waals surface area contributed by atoms with Crippen LogP contribution in [-0.2, 0) is 19.5 Å². The molecule has 1 aliphatic rings. The van der Waals surface area contributed by atoms with Crippen LogP contribution in [0.15, 0.2) is 11.6 Å². The molecular weight excluding hydrogens is 278 g/mol. The van der Waals surface area contributed by atoms with Crippen LogP contribution in [0.3, 0.4) is 0 Å². The van der Waals surface area contributed by atoms with Gasteiger partial charge >= 0.3 is 0 Å². The number of unbranched alkanes of at least 4 members (excludes halogenated alkanes) is 1. The van der Waals surface area contributed by atoms with E-state index >= 15 is 0 Å². The number of hydrogen-bond donors (Lipinski definition) is 1. The standard InChI is InChI=1S/C14H27NO4S/c1-4-5-10-20(16,17)15-13-11-18-8-7-14(13)19-9-6-12(2)3/h6,13-15H,4-5,7-11H2,1-3H3/t13-,14+/m1/s1. The molecule has 0 saturated carbocycles. The molecule has 0 amide bonds. The van der Waals surface area contributed by atoms with Crippen molar-refractivity contribution in [2.45, 2.75) is 52.2 Å². The van der Waals surface area contributed by atoms with Gasteiger partial charge in [-0.1, -0.05) is 25.0 Å². The number of nitrogens with one attached hydrogen (secondary N) is 1. The van der Waals surface area contributed by atoms with Crippen LogP contribution in [-0.4, -0.2) is 46.1 Å². The van der Waals surface area contributed by atoms with Crippen LogP contribution in [0.1, 0.15) is 40.0 Å². The van der Waals surface area contributed by atoms with Crippen molar-refractivity contribution < 1.29 is 17.9 Å². The summed E-state index contributed by atoms with van der Waals surface area (Å²) >= 11 is 0. The predicted molar refractivity (Wildman–Crippen MR) is 80.2 cm³/mol. The molecule has 1 aliphatic heterocycles. The van der Waals surface area contributed by atoms with Gasteiger partial charge in [0.15, 0.2) is 0 Å². The maximum absolute atomic E-state index is 12.0. The molecule has 1 rings (SSSR count). The molecule has 0 aromatic heterocycles. The van der Waals surface area contributed by atoms with Crippen molar-refractivity contribution in [2.75, 3.05) is 25.6 Å². The monoisotopic (exact) mass is 305 g/mol. The summed E-state index contributed by atoms with van der Waals surface area (Å²) in [6.07, 6.45) is 4.14. The molecule has 0 unspecified atom stereocenters. The Labute approximate surface area is 122 Å². The molecular formula is C14H27NO4S. The normalized spacial score (nSPS) is 23.6. The molecule has 0 bridgehead atoms. The SMILES string of the molecule is CCCCS(=O)(=O)N[C@@H]1COCC[C@@H]1OCC=C(C)C. The molecule has 5 nitrogen and oxygen atoms in total. The highest BCUT2D eigenvalue weighted by Gasteiger charge is 2.29. The summed E-state index contributed by atoms with van der Waals surface area (Å²) in [5.41, 5.74) is 1.19. The third-order valence-corrected chi connectivity index (χ3v) is 4.68. The van der Waals surface area contributed by atoms with Crippen molar-refractivity contribution in [3.8, 4) is 0 Å². The van der Waals surface area contributed by atoms with E-state index in [4.69, 9.17) is 9.47 Å². The molecule has 0 aromatic rings. The Bertz CT molecular complexity index is 401. The predicted octanol–water partition coefficient (Wildman–Crippen LogP) is 1.85. The topological polar surface area (TPSA) is 64.6 Å². The van der Waals surface area contributed by atoms with E-state index in [-0.39, 0.29) is 17.9 Å². The summed E-state index contributed by atoms with van der Waals surface area (Å²) in [5.74, 6) is 0.167. The van der Waals surface area contributed by atoms with Crippen LogP contribution in [0.5, 0.6) is 0 Å². The summed E-state index contributed by atoms with van der Waals surface area (Å²) in [6.45, 7) is 7.51. The molecule has 6 heteroatoms. The number of hydrogen-bond acceptors (Lipinski definition) is 4. The third kappa shape index (κ3) is 6.83. The second kappa shape index (κ2) is 8.77. The highest BCUT2D eigenvalue weighted by molar-refractivity contribution is 7.89. The van der Waals surface area contributed by atoms with Gasteiger partial charge in [0.1, 0.15) is 0 Å². The van der Waals surface area contributed by atoms with E-state index in [1.165, 1.54) is 5.57 Å². The van der Waals surface area contributed by atoms with Crippen LogP contribution in [0.25, 0.3) is 0 Å². The minimum atomic E-state index is -3.24. The van der Waals surface area contributed by atoms with E-state index < -0.39 is 10.0 Å². The first-order chi connectivity index (χ1) is 9.44. The fraction of sp³-hybridized carbons (Fsp3) is 0.857. The summed E-state index contributed by atoms with van der Waals surface area (Å²) in [5, 5.41) is 0. The highest BCUT2D eigenvalue weighted by atomic mass is 32.2. The van der Waals surface area contributed by atoms with Crippen LogP contribution in [0, 0.1) is 0 Å². The van der Waals surface area contributed by atoms with Gasteiger partial charge in [-0.2, -0.15) is 0 Å². The molecule has 20 heavy (non-hydrogen) atoms. The Hall–Kier alpha value is -0.430. The van der Waals surface area contributed by atoms with Crippen LogP contribution < -0.4 is 4.72 Å².